The van der Waals surface area contributed by atoms with Crippen LogP contribution in [-0.4, -0.2) is 28.7 Å². The number of H-pyrrole nitrogens is 1. The first-order valence-electron chi connectivity index (χ1n) is 8.26. The minimum atomic E-state index is -0.354. The van der Waals surface area contributed by atoms with E-state index in [2.05, 4.69) is 26.1 Å². The zero-order valence-corrected chi connectivity index (χ0v) is 15.3. The van der Waals surface area contributed by atoms with Gasteiger partial charge in [0.15, 0.2) is 0 Å². The molecule has 25 heavy (non-hydrogen) atoms. The van der Waals surface area contributed by atoms with E-state index in [0.717, 1.165) is 17.0 Å². The Hall–Kier alpha value is -2.83. The number of carbonyl (C=O) groups excluding carboxylic acids is 2. The van der Waals surface area contributed by atoms with Gasteiger partial charge in [0.1, 0.15) is 0 Å². The van der Waals surface area contributed by atoms with Crippen molar-refractivity contribution in [1.82, 2.24) is 15.5 Å². The number of amides is 3. The molecule has 4 N–H and O–H groups in total. The summed E-state index contributed by atoms with van der Waals surface area (Å²) in [5, 5.41) is 15.3. The molecular weight excluding hydrogens is 318 g/mol. The first-order valence-corrected chi connectivity index (χ1v) is 8.26. The smallest absolute Gasteiger partial charge is 0.323 e. The highest BCUT2D eigenvalue weighted by Crippen LogP contribution is 2.19. The molecule has 134 valence electrons. The van der Waals surface area contributed by atoms with E-state index in [1.807, 2.05) is 34.6 Å². The van der Waals surface area contributed by atoms with E-state index >= 15 is 0 Å². The van der Waals surface area contributed by atoms with E-state index < -0.39 is 0 Å². The number of aryl methyl sites for hydroxylation is 3. The highest BCUT2D eigenvalue weighted by molar-refractivity contribution is 6.01. The molecule has 0 saturated heterocycles. The van der Waals surface area contributed by atoms with Gasteiger partial charge in [-0.15, -0.1) is 0 Å². The largest absolute Gasteiger partial charge is 0.352 e. The summed E-state index contributed by atoms with van der Waals surface area (Å²) in [6, 6.07) is 4.84. The third-order valence-electron chi connectivity index (χ3n) is 3.77. The molecule has 7 heteroatoms. The Morgan fingerprint density at radius 3 is 2.44 bits per heavy atom. The summed E-state index contributed by atoms with van der Waals surface area (Å²) < 4.78 is 0. The van der Waals surface area contributed by atoms with Crippen molar-refractivity contribution < 1.29 is 9.59 Å². The van der Waals surface area contributed by atoms with Crippen LogP contribution in [0.4, 0.5) is 16.2 Å². The molecule has 0 aliphatic carbocycles. The van der Waals surface area contributed by atoms with Crippen molar-refractivity contribution in [2.75, 3.05) is 17.2 Å². The van der Waals surface area contributed by atoms with E-state index in [-0.39, 0.29) is 11.9 Å². The molecule has 2 aromatic rings. The Balaban J connectivity index is 2.03. The molecule has 1 heterocycles. The molecule has 0 radical (unpaired) electrons. The number of carbonyl (C=O) groups is 2. The maximum Gasteiger partial charge on any atom is 0.323 e. The molecular formula is C18H25N5O2. The van der Waals surface area contributed by atoms with Gasteiger partial charge in [0, 0.05) is 17.8 Å². The van der Waals surface area contributed by atoms with Crippen LogP contribution in [0.2, 0.25) is 0 Å². The molecule has 3 amide bonds. The van der Waals surface area contributed by atoms with Gasteiger partial charge in [-0.1, -0.05) is 13.8 Å². The summed E-state index contributed by atoms with van der Waals surface area (Å²) in [6.45, 7) is 10.2. The predicted octanol–water partition coefficient (Wildman–Crippen LogP) is 3.36. The maximum atomic E-state index is 12.2. The third-order valence-corrected chi connectivity index (χ3v) is 3.77. The lowest BCUT2D eigenvalue weighted by molar-refractivity contribution is 0.0949. The number of aromatic amines is 1. The standard InChI is InChI=1S/C18H25N5O2/c1-10(2)9-19-17(24)14-6-7-15(11(3)8-14)20-18(25)21-16-12(4)22-23-13(16)5/h6-8,10H,9H2,1-5H3,(H,19,24)(H,22,23)(H2,20,21,25). The molecule has 1 aromatic heterocycles. The number of benzene rings is 1. The van der Waals surface area contributed by atoms with Gasteiger partial charge < -0.3 is 16.0 Å². The monoisotopic (exact) mass is 343 g/mol. The molecule has 0 aliphatic heterocycles. The highest BCUT2D eigenvalue weighted by atomic mass is 16.2. The summed E-state index contributed by atoms with van der Waals surface area (Å²) in [5.41, 5.74) is 4.22. The number of rotatable bonds is 5. The third kappa shape index (κ3) is 4.82. The predicted molar refractivity (Wildman–Crippen MR) is 99.1 cm³/mol. The molecule has 0 unspecified atom stereocenters. The fraction of sp³-hybridized carbons (Fsp3) is 0.389. The molecule has 2 rings (SSSR count). The Morgan fingerprint density at radius 1 is 1.16 bits per heavy atom. The van der Waals surface area contributed by atoms with Gasteiger partial charge >= 0.3 is 6.03 Å². The summed E-state index contributed by atoms with van der Waals surface area (Å²) in [6.07, 6.45) is 0. The van der Waals surface area contributed by atoms with E-state index in [4.69, 9.17) is 0 Å². The van der Waals surface area contributed by atoms with Crippen molar-refractivity contribution in [1.29, 1.82) is 0 Å². The topological polar surface area (TPSA) is 98.9 Å². The SMILES string of the molecule is Cc1cc(C(=O)NCC(C)C)ccc1NC(=O)Nc1c(C)n[nH]c1C. The number of hydrogen-bond donors (Lipinski definition) is 4. The van der Waals surface area contributed by atoms with Crippen molar-refractivity contribution >= 4 is 23.3 Å². The van der Waals surface area contributed by atoms with Gasteiger partial charge in [0.2, 0.25) is 0 Å². The van der Waals surface area contributed by atoms with Crippen LogP contribution >= 0.6 is 0 Å². The maximum absolute atomic E-state index is 12.2. The second-order valence-electron chi connectivity index (χ2n) is 6.52. The number of nitrogens with one attached hydrogen (secondary N) is 4. The molecule has 1 aromatic carbocycles. The Kier molecular flexibility index (Phi) is 5.80. The van der Waals surface area contributed by atoms with Crippen LogP contribution in [0.5, 0.6) is 0 Å². The van der Waals surface area contributed by atoms with Crippen molar-refractivity contribution in [2.24, 2.45) is 5.92 Å². The van der Waals surface area contributed by atoms with E-state index in [1.165, 1.54) is 0 Å². The molecule has 0 fully saturated rings. The van der Waals surface area contributed by atoms with E-state index in [1.54, 1.807) is 18.2 Å². The Bertz CT molecular complexity index is 760. The first kappa shape index (κ1) is 18.5. The van der Waals surface area contributed by atoms with E-state index in [9.17, 15) is 9.59 Å². The fourth-order valence-electron chi connectivity index (χ4n) is 2.35. The molecule has 0 atom stereocenters. The van der Waals surface area contributed by atoms with Crippen molar-refractivity contribution in [3.63, 3.8) is 0 Å². The number of nitrogens with zero attached hydrogens (tertiary/aromatic N) is 1. The van der Waals surface area contributed by atoms with Gasteiger partial charge in [0.25, 0.3) is 5.91 Å². The second kappa shape index (κ2) is 7.83. The average molecular weight is 343 g/mol. The number of anilines is 2. The zero-order valence-electron chi connectivity index (χ0n) is 15.3. The van der Waals surface area contributed by atoms with Crippen LogP contribution in [0.1, 0.15) is 41.2 Å². The molecule has 0 saturated carbocycles. The van der Waals surface area contributed by atoms with Crippen LogP contribution in [0.15, 0.2) is 18.2 Å². The van der Waals surface area contributed by atoms with Crippen LogP contribution in [-0.2, 0) is 0 Å². The zero-order chi connectivity index (χ0) is 18.6. The van der Waals surface area contributed by atoms with Crippen molar-refractivity contribution in [2.45, 2.75) is 34.6 Å². The number of urea groups is 1. The molecule has 7 nitrogen and oxygen atoms in total. The summed E-state index contributed by atoms with van der Waals surface area (Å²) >= 11 is 0. The number of hydrogen-bond acceptors (Lipinski definition) is 3. The van der Waals surface area contributed by atoms with Crippen LogP contribution < -0.4 is 16.0 Å². The summed E-state index contributed by atoms with van der Waals surface area (Å²) in [5.74, 6) is 0.280. The Labute approximate surface area is 147 Å². The van der Waals surface area contributed by atoms with Gasteiger partial charge in [0.05, 0.1) is 17.1 Å². The highest BCUT2D eigenvalue weighted by Gasteiger charge is 2.12. The minimum absolute atomic E-state index is 0.113. The quantitative estimate of drug-likeness (QED) is 0.670. The first-order chi connectivity index (χ1) is 11.8. The van der Waals surface area contributed by atoms with Crippen LogP contribution in [0.25, 0.3) is 0 Å². The Morgan fingerprint density at radius 2 is 1.88 bits per heavy atom. The molecule has 0 spiro atoms. The lowest BCUT2D eigenvalue weighted by Gasteiger charge is -2.12. The lowest BCUT2D eigenvalue weighted by Crippen LogP contribution is -2.27. The van der Waals surface area contributed by atoms with Crippen LogP contribution in [0.3, 0.4) is 0 Å². The molecule has 0 bridgehead atoms. The minimum Gasteiger partial charge on any atom is -0.352 e. The summed E-state index contributed by atoms with van der Waals surface area (Å²) in [7, 11) is 0. The van der Waals surface area contributed by atoms with Gasteiger partial charge in [-0.05, 0) is 50.5 Å². The van der Waals surface area contributed by atoms with Crippen LogP contribution in [0, 0.1) is 26.7 Å². The molecule has 0 aliphatic rings. The number of aromatic nitrogens is 2. The van der Waals surface area contributed by atoms with Gasteiger partial charge in [-0.25, -0.2) is 4.79 Å². The van der Waals surface area contributed by atoms with Gasteiger partial charge in [-0.2, -0.15) is 5.10 Å². The fourth-order valence-corrected chi connectivity index (χ4v) is 2.35. The van der Waals surface area contributed by atoms with Crippen molar-refractivity contribution in [3.8, 4) is 0 Å². The van der Waals surface area contributed by atoms with E-state index in [0.29, 0.717) is 29.4 Å². The second-order valence-corrected chi connectivity index (χ2v) is 6.52. The normalized spacial score (nSPS) is 10.6. The average Bonchev–Trinajstić information content (AvgIpc) is 2.86. The van der Waals surface area contributed by atoms with Crippen molar-refractivity contribution in [3.05, 3.63) is 40.7 Å². The summed E-state index contributed by atoms with van der Waals surface area (Å²) in [4.78, 5) is 24.3. The lowest BCUT2D eigenvalue weighted by atomic mass is 10.1. The van der Waals surface area contributed by atoms with Gasteiger partial charge in [-0.3, -0.25) is 9.89 Å².